The van der Waals surface area contributed by atoms with E-state index in [4.69, 9.17) is 0 Å². The van der Waals surface area contributed by atoms with Gasteiger partial charge in [-0.15, -0.1) is 11.3 Å². The maximum absolute atomic E-state index is 12.1. The first-order chi connectivity index (χ1) is 7.63. The van der Waals surface area contributed by atoms with Gasteiger partial charge in [-0.3, -0.25) is 0 Å². The van der Waals surface area contributed by atoms with Gasteiger partial charge in [0.15, 0.2) is 9.84 Å². The van der Waals surface area contributed by atoms with Crippen molar-refractivity contribution in [3.05, 3.63) is 17.5 Å². The van der Waals surface area contributed by atoms with E-state index in [2.05, 4.69) is 5.32 Å². The van der Waals surface area contributed by atoms with Crippen molar-refractivity contribution >= 4 is 21.2 Å². The van der Waals surface area contributed by atoms with Gasteiger partial charge >= 0.3 is 0 Å². The number of rotatable bonds is 6. The molecule has 0 bridgehead atoms. The molecule has 0 aromatic carbocycles. The van der Waals surface area contributed by atoms with Gasteiger partial charge in [-0.1, -0.05) is 13.0 Å². The molecule has 1 aromatic heterocycles. The van der Waals surface area contributed by atoms with Crippen LogP contribution in [-0.2, 0) is 9.84 Å². The molecule has 0 aliphatic heterocycles. The Morgan fingerprint density at radius 3 is 2.81 bits per heavy atom. The third-order valence-corrected chi connectivity index (χ3v) is 6.12. The van der Waals surface area contributed by atoms with Gasteiger partial charge in [0.2, 0.25) is 0 Å². The van der Waals surface area contributed by atoms with Crippen molar-refractivity contribution in [1.29, 1.82) is 0 Å². The molecule has 90 valence electrons. The van der Waals surface area contributed by atoms with Gasteiger partial charge in [0, 0.05) is 6.04 Å². The molecule has 1 unspecified atom stereocenters. The van der Waals surface area contributed by atoms with E-state index in [9.17, 15) is 8.42 Å². The van der Waals surface area contributed by atoms with Crippen molar-refractivity contribution in [1.82, 2.24) is 5.32 Å². The molecule has 0 radical (unpaired) electrons. The lowest BCUT2D eigenvalue weighted by atomic mass is 10.2. The molecule has 0 amide bonds. The molecule has 1 saturated carbocycles. The summed E-state index contributed by atoms with van der Waals surface area (Å²) in [6.07, 6.45) is 2.33. The van der Waals surface area contributed by atoms with Crippen molar-refractivity contribution in [2.24, 2.45) is 5.92 Å². The van der Waals surface area contributed by atoms with Crippen LogP contribution in [0, 0.1) is 5.92 Å². The van der Waals surface area contributed by atoms with Crippen molar-refractivity contribution in [2.45, 2.75) is 30.0 Å². The van der Waals surface area contributed by atoms with E-state index in [0.29, 0.717) is 10.1 Å². The molecule has 1 fully saturated rings. The van der Waals surface area contributed by atoms with Crippen LogP contribution < -0.4 is 5.32 Å². The van der Waals surface area contributed by atoms with Crippen molar-refractivity contribution in [3.8, 4) is 0 Å². The number of sulfone groups is 1. The lowest BCUT2D eigenvalue weighted by Gasteiger charge is -2.16. The highest BCUT2D eigenvalue weighted by atomic mass is 32.2. The van der Waals surface area contributed by atoms with Crippen molar-refractivity contribution < 1.29 is 8.42 Å². The van der Waals surface area contributed by atoms with E-state index >= 15 is 0 Å². The summed E-state index contributed by atoms with van der Waals surface area (Å²) < 4.78 is 24.7. The van der Waals surface area contributed by atoms with Crippen LogP contribution in [0.25, 0.3) is 0 Å². The first kappa shape index (κ1) is 12.1. The first-order valence-electron chi connectivity index (χ1n) is 5.63. The topological polar surface area (TPSA) is 46.2 Å². The van der Waals surface area contributed by atoms with Crippen LogP contribution >= 0.6 is 11.3 Å². The Morgan fingerprint density at radius 1 is 1.56 bits per heavy atom. The largest absolute Gasteiger partial charge is 0.313 e. The highest BCUT2D eigenvalue weighted by Crippen LogP contribution is 2.34. The Hall–Kier alpha value is -0.390. The first-order valence-corrected chi connectivity index (χ1v) is 8.16. The molecule has 0 spiro atoms. The number of nitrogens with one attached hydrogen (secondary N) is 1. The fourth-order valence-electron chi connectivity index (χ4n) is 1.88. The number of thiophene rings is 1. The van der Waals surface area contributed by atoms with E-state index in [1.54, 1.807) is 12.1 Å². The minimum Gasteiger partial charge on any atom is -0.313 e. The predicted molar refractivity (Wildman–Crippen MR) is 66.6 cm³/mol. The van der Waals surface area contributed by atoms with Gasteiger partial charge in [0.1, 0.15) is 4.21 Å². The molecule has 5 heteroatoms. The van der Waals surface area contributed by atoms with E-state index < -0.39 is 9.84 Å². The van der Waals surface area contributed by atoms with E-state index in [0.717, 1.165) is 19.4 Å². The minimum absolute atomic E-state index is 0.136. The lowest BCUT2D eigenvalue weighted by molar-refractivity contribution is 0.502. The molecule has 1 aliphatic carbocycles. The molecule has 3 nitrogen and oxygen atoms in total. The van der Waals surface area contributed by atoms with Crippen molar-refractivity contribution in [2.75, 3.05) is 12.3 Å². The van der Waals surface area contributed by atoms with E-state index in [-0.39, 0.29) is 11.8 Å². The van der Waals surface area contributed by atoms with Crippen molar-refractivity contribution in [3.63, 3.8) is 0 Å². The van der Waals surface area contributed by atoms with Gasteiger partial charge in [0.05, 0.1) is 5.75 Å². The molecule has 1 atom stereocenters. The summed E-state index contributed by atoms with van der Waals surface area (Å²) in [7, 11) is -3.09. The molecule has 1 aromatic rings. The van der Waals surface area contributed by atoms with Gasteiger partial charge in [-0.2, -0.15) is 0 Å². The average Bonchev–Trinajstić information content (AvgIpc) is 2.91. The maximum atomic E-state index is 12.1. The van der Waals surface area contributed by atoms with Crippen LogP contribution in [0.5, 0.6) is 0 Å². The molecule has 0 saturated heterocycles. The molecular formula is C11H17NO2S2. The maximum Gasteiger partial charge on any atom is 0.189 e. The average molecular weight is 259 g/mol. The summed E-state index contributed by atoms with van der Waals surface area (Å²) >= 11 is 1.31. The second kappa shape index (κ2) is 4.85. The van der Waals surface area contributed by atoms with Gasteiger partial charge in [-0.25, -0.2) is 8.42 Å². The third kappa shape index (κ3) is 2.84. The standard InChI is InChI=1S/C11H17NO2S2/c1-2-12-10(9-5-6-9)8-16(13,14)11-4-3-7-15-11/h3-4,7,9-10,12H,2,5-6,8H2,1H3. The third-order valence-electron chi connectivity index (χ3n) is 2.86. The van der Waals surface area contributed by atoms with Gasteiger partial charge in [0.25, 0.3) is 0 Å². The van der Waals surface area contributed by atoms with Gasteiger partial charge < -0.3 is 5.32 Å². The molecule has 2 rings (SSSR count). The summed E-state index contributed by atoms with van der Waals surface area (Å²) in [6.45, 7) is 2.86. The summed E-state index contributed by atoms with van der Waals surface area (Å²) in [5, 5.41) is 5.10. The highest BCUT2D eigenvalue weighted by Gasteiger charge is 2.34. The zero-order valence-corrected chi connectivity index (χ0v) is 11.0. The Kier molecular flexibility index (Phi) is 3.66. The predicted octanol–water partition coefficient (Wildman–Crippen LogP) is 1.91. The Labute approximate surface area is 101 Å². The SMILES string of the molecule is CCNC(CS(=O)(=O)c1cccs1)C1CC1. The monoisotopic (exact) mass is 259 g/mol. The lowest BCUT2D eigenvalue weighted by Crippen LogP contribution is -2.37. The fourth-order valence-corrected chi connectivity index (χ4v) is 4.60. The minimum atomic E-state index is -3.09. The smallest absolute Gasteiger partial charge is 0.189 e. The molecule has 1 N–H and O–H groups in total. The number of hydrogen-bond donors (Lipinski definition) is 1. The van der Waals surface area contributed by atoms with Crippen LogP contribution in [0.2, 0.25) is 0 Å². The van der Waals surface area contributed by atoms with Crippen LogP contribution in [0.3, 0.4) is 0 Å². The zero-order valence-electron chi connectivity index (χ0n) is 9.35. The van der Waals surface area contributed by atoms with E-state index in [1.165, 1.54) is 11.3 Å². The van der Waals surface area contributed by atoms with Gasteiger partial charge in [-0.05, 0) is 36.8 Å². The quantitative estimate of drug-likeness (QED) is 0.849. The van der Waals surface area contributed by atoms with Crippen LogP contribution in [-0.4, -0.2) is 26.8 Å². The second-order valence-corrected chi connectivity index (χ2v) is 7.42. The molecule has 1 aliphatic rings. The zero-order chi connectivity index (χ0) is 11.6. The Morgan fingerprint density at radius 2 is 2.31 bits per heavy atom. The summed E-state index contributed by atoms with van der Waals surface area (Å²) in [5.41, 5.74) is 0. The second-order valence-electron chi connectivity index (χ2n) is 4.22. The summed E-state index contributed by atoms with van der Waals surface area (Å²) in [4.78, 5) is 0. The number of hydrogen-bond acceptors (Lipinski definition) is 4. The summed E-state index contributed by atoms with van der Waals surface area (Å²) in [5.74, 6) is 0.807. The Bertz CT molecular complexity index is 421. The molecule has 1 heterocycles. The highest BCUT2D eigenvalue weighted by molar-refractivity contribution is 7.93. The summed E-state index contributed by atoms with van der Waals surface area (Å²) in [6, 6.07) is 3.62. The molecular weight excluding hydrogens is 242 g/mol. The molecule has 16 heavy (non-hydrogen) atoms. The van der Waals surface area contributed by atoms with Crippen LogP contribution in [0.4, 0.5) is 0 Å². The normalized spacial score (nSPS) is 18.6. The van der Waals surface area contributed by atoms with Crippen LogP contribution in [0.15, 0.2) is 21.7 Å². The van der Waals surface area contributed by atoms with Crippen LogP contribution in [0.1, 0.15) is 19.8 Å². The van der Waals surface area contributed by atoms with E-state index in [1.807, 2.05) is 12.3 Å². The fraction of sp³-hybridized carbons (Fsp3) is 0.636. The Balaban J connectivity index is 2.07.